The van der Waals surface area contributed by atoms with Gasteiger partial charge in [0, 0.05) is 89.0 Å². The van der Waals surface area contributed by atoms with Crippen molar-refractivity contribution in [2.45, 2.75) is 84.3 Å². The lowest BCUT2D eigenvalue weighted by Gasteiger charge is -2.40. The molecule has 3 aromatic carbocycles. The lowest BCUT2D eigenvalue weighted by atomic mass is 9.85. The highest BCUT2D eigenvalue weighted by Gasteiger charge is 2.45. The Hall–Kier alpha value is -6.63. The molecular weight excluding hydrogens is 1070 g/mol. The Kier molecular flexibility index (Phi) is 16.9. The van der Waals surface area contributed by atoms with Crippen LogP contribution in [0.3, 0.4) is 0 Å². The largest absolute Gasteiger partial charge is 0.449 e. The SMILES string of the molecule is Cc1ncsc1-c1ccc(CNC(=O)[C@@H]2C[C@@H](O)CN2C(=O)C(NC(=O)CN2CCC(CN3CCN(c4ccc(-c5cnc6[nH]cc(Oc7c(F)ccc(NS(=O)(=O)N8CC[C@@H](F)C8)c7F)c6c5)cc4)CC3)CC2)C(C)(C)C)cc1. The molecular formula is C57H68F3N11O7S2. The number of hydrogen-bond donors (Lipinski definition) is 5. The minimum Gasteiger partial charge on any atom is -0.449 e. The molecule has 0 saturated carbocycles. The maximum atomic E-state index is 15.7. The molecule has 0 spiro atoms. The number of aliphatic hydroxyl groups excluding tert-OH is 1. The average molecular weight is 1140 g/mol. The van der Waals surface area contributed by atoms with Crippen LogP contribution in [0.15, 0.2) is 84.6 Å². The van der Waals surface area contributed by atoms with Crippen LogP contribution in [0.2, 0.25) is 0 Å². The van der Waals surface area contributed by atoms with Crippen molar-refractivity contribution in [1.29, 1.82) is 0 Å². The smallest absolute Gasteiger partial charge is 0.301 e. The maximum Gasteiger partial charge on any atom is 0.301 e. The van der Waals surface area contributed by atoms with E-state index in [1.807, 2.05) is 69.6 Å². The van der Waals surface area contributed by atoms with E-state index in [2.05, 4.69) is 57.1 Å². The number of fused-ring (bicyclic) bond motifs is 1. The molecule has 0 aliphatic carbocycles. The van der Waals surface area contributed by atoms with Gasteiger partial charge in [0.15, 0.2) is 17.4 Å². The third kappa shape index (κ3) is 12.9. The third-order valence-corrected chi connectivity index (χ3v) is 18.1. The van der Waals surface area contributed by atoms with Gasteiger partial charge in [0.05, 0.1) is 39.8 Å². The summed E-state index contributed by atoms with van der Waals surface area (Å²) in [5.74, 6) is -3.56. The summed E-state index contributed by atoms with van der Waals surface area (Å²) in [6.45, 7) is 13.6. The molecule has 4 aliphatic heterocycles. The van der Waals surface area contributed by atoms with E-state index in [4.69, 9.17) is 4.74 Å². The first-order valence-corrected chi connectivity index (χ1v) is 29.5. The Morgan fingerprint density at radius 2 is 1.61 bits per heavy atom. The summed E-state index contributed by atoms with van der Waals surface area (Å²) in [6, 6.07) is 17.9. The molecule has 18 nitrogen and oxygen atoms in total. The summed E-state index contributed by atoms with van der Waals surface area (Å²) in [7, 11) is -4.30. The Balaban J connectivity index is 0.671. The van der Waals surface area contributed by atoms with Gasteiger partial charge in [-0.15, -0.1) is 11.3 Å². The predicted octanol–water partition coefficient (Wildman–Crippen LogP) is 7.08. The fraction of sp³-hybridized carbons (Fsp3) is 0.456. The molecule has 3 amide bonds. The number of nitrogens with one attached hydrogen (secondary N) is 4. The molecule has 4 fully saturated rings. The van der Waals surface area contributed by atoms with Crippen molar-refractivity contribution in [3.63, 3.8) is 0 Å². The summed E-state index contributed by atoms with van der Waals surface area (Å²) in [4.78, 5) is 62.8. The van der Waals surface area contributed by atoms with Gasteiger partial charge in [-0.2, -0.15) is 12.7 Å². The number of anilines is 2. The van der Waals surface area contributed by atoms with Crippen molar-refractivity contribution < 1.29 is 45.8 Å². The number of alkyl halides is 1. The highest BCUT2D eigenvalue weighted by molar-refractivity contribution is 7.90. The summed E-state index contributed by atoms with van der Waals surface area (Å²) in [6.07, 6.45) is 2.95. The van der Waals surface area contributed by atoms with Crippen molar-refractivity contribution >= 4 is 61.7 Å². The van der Waals surface area contributed by atoms with Gasteiger partial charge < -0.3 is 35.3 Å². The molecule has 4 atom stereocenters. The minimum absolute atomic E-state index is 0.00502. The number of thiazole rings is 1. The van der Waals surface area contributed by atoms with Gasteiger partial charge in [0.1, 0.15) is 23.9 Å². The number of carbonyl (C=O) groups excluding carboxylic acids is 3. The summed E-state index contributed by atoms with van der Waals surface area (Å²) < 4.78 is 78.8. The number of aromatic amines is 1. The van der Waals surface area contributed by atoms with E-state index in [1.165, 1.54) is 11.1 Å². The van der Waals surface area contributed by atoms with Crippen LogP contribution in [0.25, 0.3) is 32.6 Å². The van der Waals surface area contributed by atoms with Gasteiger partial charge in [0.2, 0.25) is 23.5 Å². The number of piperazine rings is 1. The van der Waals surface area contributed by atoms with E-state index in [9.17, 15) is 32.3 Å². The quantitative estimate of drug-likeness (QED) is 0.0621. The van der Waals surface area contributed by atoms with Crippen LogP contribution in [0.4, 0.5) is 24.5 Å². The zero-order chi connectivity index (χ0) is 56.5. The maximum absolute atomic E-state index is 15.7. The molecule has 4 aliphatic rings. The summed E-state index contributed by atoms with van der Waals surface area (Å²) in [5, 5.41) is 17.1. The molecule has 5 N–H and O–H groups in total. The normalized spacial score (nSPS) is 20.3. The number of halogens is 3. The van der Waals surface area contributed by atoms with Crippen LogP contribution >= 0.6 is 11.3 Å². The monoisotopic (exact) mass is 1140 g/mol. The van der Waals surface area contributed by atoms with Crippen molar-refractivity contribution in [1.82, 2.24) is 44.6 Å². The Labute approximate surface area is 467 Å². The number of nitrogens with zero attached hydrogens (tertiary/aromatic N) is 7. The Bertz CT molecular complexity index is 3310. The van der Waals surface area contributed by atoms with Crippen molar-refractivity contribution in [2.75, 3.05) is 81.6 Å². The van der Waals surface area contributed by atoms with Crippen LogP contribution in [-0.4, -0.2) is 162 Å². The van der Waals surface area contributed by atoms with Crippen LogP contribution < -0.4 is 25.0 Å². The Morgan fingerprint density at radius 1 is 0.887 bits per heavy atom. The molecule has 0 bridgehead atoms. The molecule has 426 valence electrons. The van der Waals surface area contributed by atoms with Gasteiger partial charge in [-0.25, -0.2) is 23.1 Å². The number of piperidine rings is 1. The number of rotatable bonds is 17. The molecule has 10 rings (SSSR count). The number of ether oxygens (including phenoxy) is 1. The molecule has 0 radical (unpaired) electrons. The Morgan fingerprint density at radius 3 is 2.29 bits per heavy atom. The number of H-pyrrole nitrogens is 1. The lowest BCUT2D eigenvalue weighted by molar-refractivity contribution is -0.144. The van der Waals surface area contributed by atoms with E-state index in [-0.39, 0.29) is 69.0 Å². The zero-order valence-corrected chi connectivity index (χ0v) is 46.9. The van der Waals surface area contributed by atoms with Crippen LogP contribution in [0.5, 0.6) is 11.5 Å². The standard InChI is InChI=1S/C57H68F3N11O7S2/c1-35-52(79-34-64-35)39-7-5-36(6-8-39)27-63-55(74)47-26-43(72)32-71(47)56(75)53(57(2,3)4)65-49(73)33-67-18-15-37(16-19-67)30-68-21-23-69(24-22-68)42-11-9-38(10-12-42)40-25-44-48(29-62-54(44)61-28-40)78-51-45(59)13-14-46(50(51)60)66-80(76,77)70-20-17-41(58)31-70/h5-14,25,28-29,34,37,41,43,47,53,66,72H,15-24,26-27,30-33H2,1-4H3,(H,61,62)(H,63,74)(H,65,73)/t41-,43-,47+,53?/m1/s1. The molecule has 3 aromatic heterocycles. The predicted molar refractivity (Wildman–Crippen MR) is 301 cm³/mol. The summed E-state index contributed by atoms with van der Waals surface area (Å²) >= 11 is 1.57. The van der Waals surface area contributed by atoms with E-state index in [0.717, 1.165) is 114 Å². The number of β-amino-alcohol motifs (C(OH)–C–C–N with tert-alkyl or cyclic N) is 1. The summed E-state index contributed by atoms with van der Waals surface area (Å²) in [5.41, 5.74) is 6.61. The second-order valence-electron chi connectivity index (χ2n) is 22.5. The first-order valence-electron chi connectivity index (χ1n) is 27.2. The lowest BCUT2D eigenvalue weighted by Crippen LogP contribution is -2.59. The number of pyridine rings is 1. The highest BCUT2D eigenvalue weighted by Crippen LogP contribution is 2.38. The second kappa shape index (κ2) is 23.8. The molecule has 1 unspecified atom stereocenters. The molecule has 23 heteroatoms. The average Bonchev–Trinajstić information content (AvgIpc) is 4.27. The van der Waals surface area contributed by atoms with Gasteiger partial charge in [0.25, 0.3) is 0 Å². The van der Waals surface area contributed by atoms with Gasteiger partial charge in [-0.3, -0.25) is 28.9 Å². The van der Waals surface area contributed by atoms with Crippen LogP contribution in [0, 0.1) is 29.9 Å². The fourth-order valence-electron chi connectivity index (χ4n) is 11.1. The topological polar surface area (TPSA) is 209 Å². The van der Waals surface area contributed by atoms with E-state index in [1.54, 1.807) is 23.6 Å². The number of carbonyl (C=O) groups is 3. The first kappa shape index (κ1) is 56.6. The van der Waals surface area contributed by atoms with E-state index < -0.39 is 63.1 Å². The number of aryl methyl sites for hydroxylation is 1. The highest BCUT2D eigenvalue weighted by atomic mass is 32.2. The van der Waals surface area contributed by atoms with Crippen LogP contribution in [-0.2, 0) is 31.1 Å². The van der Waals surface area contributed by atoms with Gasteiger partial charge in [-0.1, -0.05) is 57.2 Å². The third-order valence-electron chi connectivity index (χ3n) is 15.7. The number of likely N-dealkylation sites (tertiary alicyclic amines) is 2. The van der Waals surface area contributed by atoms with E-state index >= 15 is 8.78 Å². The number of aromatic nitrogens is 3. The number of hydrogen-bond acceptors (Lipinski definition) is 13. The van der Waals surface area contributed by atoms with Gasteiger partial charge >= 0.3 is 10.2 Å². The zero-order valence-electron chi connectivity index (χ0n) is 45.3. The van der Waals surface area contributed by atoms with Crippen molar-refractivity contribution in [2.24, 2.45) is 11.3 Å². The molecule has 7 heterocycles. The molecule has 6 aromatic rings. The van der Waals surface area contributed by atoms with E-state index in [0.29, 0.717) is 17.0 Å². The van der Waals surface area contributed by atoms with Crippen LogP contribution in [0.1, 0.15) is 57.7 Å². The number of benzene rings is 3. The number of aliphatic hydroxyl groups is 1. The number of amides is 3. The van der Waals surface area contributed by atoms with Crippen molar-refractivity contribution in [3.05, 3.63) is 108 Å². The second-order valence-corrected chi connectivity index (χ2v) is 25.0. The fourth-order valence-corrected chi connectivity index (χ4v) is 13.2. The minimum atomic E-state index is -4.30. The molecule has 4 saturated heterocycles. The van der Waals surface area contributed by atoms with Crippen molar-refractivity contribution in [3.8, 4) is 33.1 Å². The molecule has 80 heavy (non-hydrogen) atoms. The first-order chi connectivity index (χ1) is 38.3. The van der Waals surface area contributed by atoms with Gasteiger partial charge in [-0.05, 0) is 97.6 Å².